The standard InChI is InChI=1S/C11H16O4S/c1-8(2)15-6-5-14-7-9-3-4-10(16-9)11(12)13/h3-4,8H,5-7H2,1-2H3,(H,12,13). The highest BCUT2D eigenvalue weighted by Crippen LogP contribution is 2.17. The van der Waals surface area contributed by atoms with Crippen molar-refractivity contribution in [2.75, 3.05) is 13.2 Å². The van der Waals surface area contributed by atoms with E-state index in [2.05, 4.69) is 0 Å². The Morgan fingerprint density at radius 1 is 1.44 bits per heavy atom. The van der Waals surface area contributed by atoms with Gasteiger partial charge in [-0.2, -0.15) is 0 Å². The van der Waals surface area contributed by atoms with Crippen LogP contribution in [-0.2, 0) is 16.1 Å². The third-order valence-electron chi connectivity index (χ3n) is 1.80. The van der Waals surface area contributed by atoms with Crippen LogP contribution in [0.1, 0.15) is 28.4 Å². The molecule has 90 valence electrons. The number of ether oxygens (including phenoxy) is 2. The maximum atomic E-state index is 10.6. The fraction of sp³-hybridized carbons (Fsp3) is 0.545. The van der Waals surface area contributed by atoms with E-state index in [1.54, 1.807) is 12.1 Å². The first-order valence-electron chi connectivity index (χ1n) is 5.11. The summed E-state index contributed by atoms with van der Waals surface area (Å²) in [6.45, 7) is 5.48. The molecule has 0 aliphatic heterocycles. The molecule has 1 rings (SSSR count). The van der Waals surface area contributed by atoms with Crippen LogP contribution in [0.3, 0.4) is 0 Å². The van der Waals surface area contributed by atoms with Crippen molar-refractivity contribution in [1.29, 1.82) is 0 Å². The summed E-state index contributed by atoms with van der Waals surface area (Å²) in [7, 11) is 0. The lowest BCUT2D eigenvalue weighted by atomic mass is 10.4. The maximum absolute atomic E-state index is 10.6. The molecule has 1 aromatic heterocycles. The van der Waals surface area contributed by atoms with E-state index in [0.717, 1.165) is 4.88 Å². The van der Waals surface area contributed by atoms with Crippen LogP contribution >= 0.6 is 11.3 Å². The molecule has 4 nitrogen and oxygen atoms in total. The molecule has 0 bridgehead atoms. The number of hydrogen-bond acceptors (Lipinski definition) is 4. The predicted molar refractivity (Wildman–Crippen MR) is 62.0 cm³/mol. The molecular weight excluding hydrogens is 228 g/mol. The fourth-order valence-electron chi connectivity index (χ4n) is 1.09. The summed E-state index contributed by atoms with van der Waals surface area (Å²) in [5.41, 5.74) is 0. The molecule has 0 radical (unpaired) electrons. The van der Waals surface area contributed by atoms with Crippen LogP contribution in [0.15, 0.2) is 12.1 Å². The van der Waals surface area contributed by atoms with Crippen molar-refractivity contribution >= 4 is 17.3 Å². The van der Waals surface area contributed by atoms with Gasteiger partial charge in [-0.1, -0.05) is 0 Å². The minimum atomic E-state index is -0.889. The van der Waals surface area contributed by atoms with E-state index >= 15 is 0 Å². The third kappa shape index (κ3) is 4.74. The Morgan fingerprint density at radius 2 is 2.19 bits per heavy atom. The molecule has 1 heterocycles. The predicted octanol–water partition coefficient (Wildman–Crippen LogP) is 2.39. The zero-order valence-electron chi connectivity index (χ0n) is 9.43. The summed E-state index contributed by atoms with van der Waals surface area (Å²) in [4.78, 5) is 11.9. The average Bonchev–Trinajstić information content (AvgIpc) is 2.65. The largest absolute Gasteiger partial charge is 0.477 e. The number of carbonyl (C=O) groups is 1. The van der Waals surface area contributed by atoms with Crippen molar-refractivity contribution in [3.8, 4) is 0 Å². The van der Waals surface area contributed by atoms with Gasteiger partial charge in [0.2, 0.25) is 0 Å². The number of carboxylic acids is 1. The van der Waals surface area contributed by atoms with Gasteiger partial charge in [0.1, 0.15) is 4.88 Å². The van der Waals surface area contributed by atoms with Gasteiger partial charge < -0.3 is 14.6 Å². The van der Waals surface area contributed by atoms with Gasteiger partial charge in [-0.05, 0) is 26.0 Å². The summed E-state index contributed by atoms with van der Waals surface area (Å²) >= 11 is 1.24. The normalized spacial score (nSPS) is 10.9. The van der Waals surface area contributed by atoms with Crippen molar-refractivity contribution in [3.05, 3.63) is 21.9 Å². The molecule has 0 amide bonds. The minimum Gasteiger partial charge on any atom is -0.477 e. The molecule has 16 heavy (non-hydrogen) atoms. The van der Waals surface area contributed by atoms with Crippen molar-refractivity contribution < 1.29 is 19.4 Å². The molecule has 0 atom stereocenters. The summed E-state index contributed by atoms with van der Waals surface area (Å²) in [5, 5.41) is 8.72. The first-order chi connectivity index (χ1) is 7.59. The van der Waals surface area contributed by atoms with Crippen LogP contribution in [0.25, 0.3) is 0 Å². The van der Waals surface area contributed by atoms with E-state index in [0.29, 0.717) is 24.7 Å². The minimum absolute atomic E-state index is 0.212. The molecule has 0 unspecified atom stereocenters. The molecule has 0 spiro atoms. The Labute approximate surface area is 98.8 Å². The lowest BCUT2D eigenvalue weighted by Crippen LogP contribution is -2.09. The number of hydrogen-bond donors (Lipinski definition) is 1. The number of carboxylic acid groups (broad SMARTS) is 1. The van der Waals surface area contributed by atoms with Crippen LogP contribution in [0, 0.1) is 0 Å². The van der Waals surface area contributed by atoms with Gasteiger partial charge >= 0.3 is 5.97 Å². The molecule has 0 saturated heterocycles. The molecule has 1 aromatic rings. The molecule has 1 N–H and O–H groups in total. The zero-order chi connectivity index (χ0) is 12.0. The van der Waals surface area contributed by atoms with Crippen molar-refractivity contribution in [1.82, 2.24) is 0 Å². The number of aromatic carboxylic acids is 1. The van der Waals surface area contributed by atoms with Gasteiger partial charge in [-0.15, -0.1) is 11.3 Å². The van der Waals surface area contributed by atoms with E-state index < -0.39 is 5.97 Å². The molecule has 0 aliphatic rings. The van der Waals surface area contributed by atoms with Gasteiger partial charge in [-0.3, -0.25) is 0 Å². The van der Waals surface area contributed by atoms with Gasteiger partial charge in [0.25, 0.3) is 0 Å². The van der Waals surface area contributed by atoms with Crippen molar-refractivity contribution in [3.63, 3.8) is 0 Å². The Morgan fingerprint density at radius 3 is 2.75 bits per heavy atom. The SMILES string of the molecule is CC(C)OCCOCc1ccc(C(=O)O)s1. The van der Waals surface area contributed by atoms with Crippen molar-refractivity contribution in [2.24, 2.45) is 0 Å². The van der Waals surface area contributed by atoms with E-state index in [-0.39, 0.29) is 6.10 Å². The van der Waals surface area contributed by atoms with E-state index in [9.17, 15) is 4.79 Å². The first-order valence-corrected chi connectivity index (χ1v) is 5.92. The second-order valence-electron chi connectivity index (χ2n) is 3.54. The van der Waals surface area contributed by atoms with Gasteiger partial charge in [-0.25, -0.2) is 4.79 Å². The number of rotatable bonds is 7. The van der Waals surface area contributed by atoms with Gasteiger partial charge in [0.15, 0.2) is 0 Å². The maximum Gasteiger partial charge on any atom is 0.345 e. The van der Waals surface area contributed by atoms with Crippen LogP contribution in [-0.4, -0.2) is 30.4 Å². The molecular formula is C11H16O4S. The highest BCUT2D eigenvalue weighted by Gasteiger charge is 2.06. The Hall–Kier alpha value is -0.910. The Bertz CT molecular complexity index is 332. The highest BCUT2D eigenvalue weighted by molar-refractivity contribution is 7.13. The summed E-state index contributed by atoms with van der Waals surface area (Å²) in [6, 6.07) is 3.37. The lowest BCUT2D eigenvalue weighted by Gasteiger charge is -2.07. The molecule has 0 aliphatic carbocycles. The Kier molecular flexibility index (Phi) is 5.45. The van der Waals surface area contributed by atoms with Gasteiger partial charge in [0.05, 0.1) is 25.9 Å². The van der Waals surface area contributed by atoms with Crippen LogP contribution in [0.4, 0.5) is 0 Å². The van der Waals surface area contributed by atoms with Crippen LogP contribution in [0.2, 0.25) is 0 Å². The summed E-state index contributed by atoms with van der Waals surface area (Å²) in [6.07, 6.45) is 0.212. The quantitative estimate of drug-likeness (QED) is 0.748. The second kappa shape index (κ2) is 6.62. The lowest BCUT2D eigenvalue weighted by molar-refractivity contribution is 0.0149. The summed E-state index contributed by atoms with van der Waals surface area (Å²) < 4.78 is 10.7. The van der Waals surface area contributed by atoms with Crippen molar-refractivity contribution in [2.45, 2.75) is 26.6 Å². The monoisotopic (exact) mass is 244 g/mol. The van der Waals surface area contributed by atoms with Gasteiger partial charge in [0, 0.05) is 4.88 Å². The highest BCUT2D eigenvalue weighted by atomic mass is 32.1. The molecule has 0 aromatic carbocycles. The number of thiophene rings is 1. The first kappa shape index (κ1) is 13.2. The second-order valence-corrected chi connectivity index (χ2v) is 4.71. The molecule has 0 saturated carbocycles. The van der Waals surface area contributed by atoms with Crippen LogP contribution < -0.4 is 0 Å². The smallest absolute Gasteiger partial charge is 0.345 e. The van der Waals surface area contributed by atoms with E-state index in [1.807, 2.05) is 13.8 Å². The topological polar surface area (TPSA) is 55.8 Å². The summed E-state index contributed by atoms with van der Waals surface area (Å²) in [5.74, 6) is -0.889. The average molecular weight is 244 g/mol. The third-order valence-corrected chi connectivity index (χ3v) is 2.84. The van der Waals surface area contributed by atoms with Crippen LogP contribution in [0.5, 0.6) is 0 Å². The molecule has 0 fully saturated rings. The fourth-order valence-corrected chi connectivity index (χ4v) is 1.87. The van der Waals surface area contributed by atoms with E-state index in [1.165, 1.54) is 11.3 Å². The Balaban J connectivity index is 2.19. The zero-order valence-corrected chi connectivity index (χ0v) is 10.3. The van der Waals surface area contributed by atoms with E-state index in [4.69, 9.17) is 14.6 Å². The molecule has 5 heteroatoms.